The first-order valence-electron chi connectivity index (χ1n) is 9.88. The van der Waals surface area contributed by atoms with Crippen LogP contribution in [0, 0.1) is 0 Å². The maximum Gasteiger partial charge on any atom is 0.221 e. The van der Waals surface area contributed by atoms with E-state index in [-0.39, 0.29) is 24.2 Å². The summed E-state index contributed by atoms with van der Waals surface area (Å²) in [6, 6.07) is 15.2. The summed E-state index contributed by atoms with van der Waals surface area (Å²) in [6.07, 6.45) is 0.785. The van der Waals surface area contributed by atoms with Gasteiger partial charge in [0, 0.05) is 30.4 Å². The molecule has 164 valence electrons. The van der Waals surface area contributed by atoms with E-state index < -0.39 is 0 Å². The van der Waals surface area contributed by atoms with Gasteiger partial charge in [-0.3, -0.25) is 9.89 Å². The largest absolute Gasteiger partial charge is 0.497 e. The highest BCUT2D eigenvalue weighted by molar-refractivity contribution is 7.99. The Bertz CT molecular complexity index is 960. The zero-order valence-electron chi connectivity index (χ0n) is 17.5. The van der Waals surface area contributed by atoms with Gasteiger partial charge in [-0.2, -0.15) is 0 Å². The van der Waals surface area contributed by atoms with Gasteiger partial charge >= 0.3 is 0 Å². The van der Waals surface area contributed by atoms with Crippen LogP contribution in [-0.4, -0.2) is 53.6 Å². The van der Waals surface area contributed by atoms with Crippen LogP contribution in [0.4, 0.5) is 0 Å². The van der Waals surface area contributed by atoms with Gasteiger partial charge in [-0.1, -0.05) is 23.9 Å². The van der Waals surface area contributed by atoms with E-state index >= 15 is 0 Å². The molecule has 0 unspecified atom stereocenters. The predicted molar refractivity (Wildman–Crippen MR) is 119 cm³/mol. The number of benzene rings is 2. The van der Waals surface area contributed by atoms with E-state index in [1.807, 2.05) is 48.5 Å². The zero-order chi connectivity index (χ0) is 22.1. The first-order valence-corrected chi connectivity index (χ1v) is 10.8. The molecule has 3 rings (SSSR count). The number of nitrogens with zero attached hydrogens (tertiary/aromatic N) is 2. The number of aromatic amines is 1. The molecule has 0 aliphatic heterocycles. The first kappa shape index (κ1) is 22.6. The minimum Gasteiger partial charge on any atom is -0.497 e. The summed E-state index contributed by atoms with van der Waals surface area (Å²) in [6.45, 7) is 0.486. The van der Waals surface area contributed by atoms with Crippen LogP contribution in [0.2, 0.25) is 0 Å². The summed E-state index contributed by atoms with van der Waals surface area (Å²) in [5.74, 6) is 2.07. The molecule has 0 fully saturated rings. The number of H-pyrrole nitrogens is 1. The van der Waals surface area contributed by atoms with Crippen molar-refractivity contribution in [2.75, 3.05) is 27.4 Å². The van der Waals surface area contributed by atoms with Crippen molar-refractivity contribution in [1.29, 1.82) is 0 Å². The molecule has 0 saturated carbocycles. The third-order valence-electron chi connectivity index (χ3n) is 4.59. The van der Waals surface area contributed by atoms with Crippen LogP contribution in [-0.2, 0) is 4.79 Å². The summed E-state index contributed by atoms with van der Waals surface area (Å²) in [5, 5.41) is 19.4. The number of thioether (sulfide) groups is 1. The van der Waals surface area contributed by atoms with Crippen molar-refractivity contribution in [3.05, 3.63) is 54.1 Å². The van der Waals surface area contributed by atoms with Crippen LogP contribution in [0.25, 0.3) is 11.4 Å². The van der Waals surface area contributed by atoms with E-state index in [0.717, 1.165) is 22.6 Å². The number of aliphatic hydroxyl groups is 1. The van der Waals surface area contributed by atoms with Crippen LogP contribution >= 0.6 is 11.8 Å². The van der Waals surface area contributed by atoms with Crippen LogP contribution < -0.4 is 14.8 Å². The third kappa shape index (κ3) is 6.47. The Morgan fingerprint density at radius 1 is 1.10 bits per heavy atom. The lowest BCUT2D eigenvalue weighted by Gasteiger charge is -2.15. The van der Waals surface area contributed by atoms with Crippen molar-refractivity contribution >= 4 is 17.7 Å². The molecule has 0 aliphatic carbocycles. The molecule has 9 heteroatoms. The molecule has 0 bridgehead atoms. The number of hydrogen-bond donors (Lipinski definition) is 3. The first-order chi connectivity index (χ1) is 15.1. The van der Waals surface area contributed by atoms with Gasteiger partial charge in [0.2, 0.25) is 11.1 Å². The molecule has 1 amide bonds. The van der Waals surface area contributed by atoms with Crippen molar-refractivity contribution in [3.63, 3.8) is 0 Å². The van der Waals surface area contributed by atoms with Gasteiger partial charge in [-0.15, -0.1) is 5.10 Å². The molecule has 8 nitrogen and oxygen atoms in total. The smallest absolute Gasteiger partial charge is 0.221 e. The van der Waals surface area contributed by atoms with Gasteiger partial charge in [0.25, 0.3) is 0 Å². The number of nitrogens with one attached hydrogen (secondary N) is 2. The summed E-state index contributed by atoms with van der Waals surface area (Å²) >= 11 is 1.42. The maximum absolute atomic E-state index is 12.4. The highest BCUT2D eigenvalue weighted by atomic mass is 32.2. The van der Waals surface area contributed by atoms with Gasteiger partial charge < -0.3 is 19.9 Å². The SMILES string of the molecule is COc1ccc(-c2nc(S[C@@H](CC(=O)NCCCO)c3ccc(OC)cc3)n[nH]2)cc1. The molecule has 0 saturated heterocycles. The van der Waals surface area contributed by atoms with Crippen molar-refractivity contribution < 1.29 is 19.4 Å². The number of amides is 1. The second kappa shape index (κ2) is 11.4. The Labute approximate surface area is 185 Å². The minimum atomic E-state index is -0.181. The number of aromatic nitrogens is 3. The van der Waals surface area contributed by atoms with Crippen LogP contribution in [0.3, 0.4) is 0 Å². The average molecular weight is 443 g/mol. The van der Waals surface area contributed by atoms with Crippen LogP contribution in [0.1, 0.15) is 23.7 Å². The number of hydrogen-bond acceptors (Lipinski definition) is 7. The summed E-state index contributed by atoms with van der Waals surface area (Å²) < 4.78 is 10.4. The number of ether oxygens (including phenoxy) is 2. The van der Waals surface area contributed by atoms with E-state index in [0.29, 0.717) is 23.9 Å². The molecule has 0 spiro atoms. The fraction of sp³-hybridized carbons (Fsp3) is 0.318. The second-order valence-electron chi connectivity index (χ2n) is 6.71. The normalized spacial score (nSPS) is 11.7. The predicted octanol–water partition coefficient (Wildman–Crippen LogP) is 3.21. The van der Waals surface area contributed by atoms with E-state index in [1.165, 1.54) is 11.8 Å². The van der Waals surface area contributed by atoms with Crippen molar-refractivity contribution in [3.8, 4) is 22.9 Å². The monoisotopic (exact) mass is 442 g/mol. The Balaban J connectivity index is 1.75. The number of rotatable bonds is 11. The van der Waals surface area contributed by atoms with E-state index in [4.69, 9.17) is 14.6 Å². The summed E-state index contributed by atoms with van der Waals surface area (Å²) in [4.78, 5) is 17.0. The Morgan fingerprint density at radius 3 is 2.35 bits per heavy atom. The number of methoxy groups -OCH3 is 2. The standard InChI is InChI=1S/C22H26N4O4S/c1-29-17-8-4-15(5-9-17)19(14-20(28)23-12-3-13-27)31-22-24-21(25-26-22)16-6-10-18(30-2)11-7-16/h4-11,19,27H,3,12-14H2,1-2H3,(H,23,28)(H,24,25,26)/t19-/m0/s1. The molecule has 3 aromatic rings. The molecule has 2 aromatic carbocycles. The van der Waals surface area contributed by atoms with Crippen molar-refractivity contribution in [2.24, 2.45) is 0 Å². The lowest BCUT2D eigenvalue weighted by atomic mass is 10.1. The quantitative estimate of drug-likeness (QED) is 0.309. The molecule has 3 N–H and O–H groups in total. The fourth-order valence-corrected chi connectivity index (χ4v) is 3.92. The lowest BCUT2D eigenvalue weighted by Crippen LogP contribution is -2.26. The minimum absolute atomic E-state index is 0.0439. The van der Waals surface area contributed by atoms with Gasteiger partial charge in [0.15, 0.2) is 5.82 Å². The Hall–Kier alpha value is -3.04. The Morgan fingerprint density at radius 2 is 1.74 bits per heavy atom. The van der Waals surface area contributed by atoms with Crippen molar-refractivity contribution in [2.45, 2.75) is 23.2 Å². The molecule has 1 atom stereocenters. The van der Waals surface area contributed by atoms with Gasteiger partial charge in [-0.05, 0) is 48.4 Å². The van der Waals surface area contributed by atoms with Crippen molar-refractivity contribution in [1.82, 2.24) is 20.5 Å². The number of carbonyl (C=O) groups excluding carboxylic acids is 1. The zero-order valence-corrected chi connectivity index (χ0v) is 18.3. The molecule has 1 heterocycles. The molecule has 0 aliphatic rings. The van der Waals surface area contributed by atoms with Gasteiger partial charge in [0.05, 0.1) is 14.2 Å². The highest BCUT2D eigenvalue weighted by Gasteiger charge is 2.20. The summed E-state index contributed by atoms with van der Waals surface area (Å²) in [7, 11) is 3.24. The van der Waals surface area contributed by atoms with E-state index in [1.54, 1.807) is 14.2 Å². The summed E-state index contributed by atoms with van der Waals surface area (Å²) in [5.41, 5.74) is 1.86. The molecular formula is C22H26N4O4S. The molecule has 31 heavy (non-hydrogen) atoms. The lowest BCUT2D eigenvalue weighted by molar-refractivity contribution is -0.121. The maximum atomic E-state index is 12.4. The number of carbonyl (C=O) groups is 1. The van der Waals surface area contributed by atoms with E-state index in [2.05, 4.69) is 20.5 Å². The van der Waals surface area contributed by atoms with Crippen LogP contribution in [0.5, 0.6) is 11.5 Å². The Kier molecular flexibility index (Phi) is 8.31. The second-order valence-corrected chi connectivity index (χ2v) is 7.88. The third-order valence-corrected chi connectivity index (χ3v) is 5.71. The average Bonchev–Trinajstić information content (AvgIpc) is 3.27. The number of aliphatic hydroxyl groups excluding tert-OH is 1. The fourth-order valence-electron chi connectivity index (χ4n) is 2.90. The van der Waals surface area contributed by atoms with E-state index in [9.17, 15) is 4.79 Å². The van der Waals surface area contributed by atoms with Gasteiger partial charge in [0.1, 0.15) is 11.5 Å². The molecular weight excluding hydrogens is 416 g/mol. The van der Waals surface area contributed by atoms with Crippen LogP contribution in [0.15, 0.2) is 53.7 Å². The molecule has 1 aromatic heterocycles. The topological polar surface area (TPSA) is 109 Å². The highest BCUT2D eigenvalue weighted by Crippen LogP contribution is 2.37. The van der Waals surface area contributed by atoms with Gasteiger partial charge in [-0.25, -0.2) is 4.98 Å². The molecule has 0 radical (unpaired) electrons.